The number of hydrogen-bond donors (Lipinski definition) is 0. The highest BCUT2D eigenvalue weighted by molar-refractivity contribution is 9.10. The summed E-state index contributed by atoms with van der Waals surface area (Å²) in [5, 5.41) is 0. The summed E-state index contributed by atoms with van der Waals surface area (Å²) in [4.78, 5) is 11.1. The lowest BCUT2D eigenvalue weighted by molar-refractivity contribution is 0.221. The molecule has 1 aromatic heterocycles. The second kappa shape index (κ2) is 7.92. The van der Waals surface area contributed by atoms with E-state index in [1.165, 1.54) is 6.07 Å². The van der Waals surface area contributed by atoms with Crippen molar-refractivity contribution in [2.75, 3.05) is 24.6 Å². The van der Waals surface area contributed by atoms with Crippen LogP contribution in [0.1, 0.15) is 25.3 Å². The average Bonchev–Trinajstić information content (AvgIpc) is 2.63. The lowest BCUT2D eigenvalue weighted by atomic mass is 9.98. The number of aryl methyl sites for hydroxylation is 1. The van der Waals surface area contributed by atoms with E-state index >= 15 is 0 Å². The van der Waals surface area contributed by atoms with Crippen LogP contribution in [0.5, 0.6) is 5.75 Å². The summed E-state index contributed by atoms with van der Waals surface area (Å²) in [6.45, 7) is 4.56. The molecule has 1 aromatic carbocycles. The van der Waals surface area contributed by atoms with Crippen LogP contribution in [-0.4, -0.2) is 29.7 Å². The van der Waals surface area contributed by atoms with E-state index in [1.807, 2.05) is 12.4 Å². The number of halogens is 2. The summed E-state index contributed by atoms with van der Waals surface area (Å²) in [5.74, 6) is 1.57. The van der Waals surface area contributed by atoms with Crippen LogP contribution < -0.4 is 9.64 Å². The highest BCUT2D eigenvalue weighted by Gasteiger charge is 2.21. The fourth-order valence-corrected chi connectivity index (χ4v) is 3.02. The van der Waals surface area contributed by atoms with Crippen LogP contribution in [0.15, 0.2) is 35.1 Å². The van der Waals surface area contributed by atoms with Crippen molar-refractivity contribution in [3.63, 3.8) is 0 Å². The van der Waals surface area contributed by atoms with Gasteiger partial charge in [-0.2, -0.15) is 0 Å². The second-order valence-electron chi connectivity index (χ2n) is 6.06. The van der Waals surface area contributed by atoms with E-state index in [4.69, 9.17) is 4.74 Å². The average molecular weight is 394 g/mol. The molecule has 0 N–H and O–H groups in total. The molecule has 0 bridgehead atoms. The first-order chi connectivity index (χ1) is 11.7. The molecule has 0 aliphatic carbocycles. The molecule has 0 unspecified atom stereocenters. The van der Waals surface area contributed by atoms with Gasteiger partial charge in [0, 0.05) is 31.5 Å². The third-order valence-corrected chi connectivity index (χ3v) is 5.02. The van der Waals surface area contributed by atoms with Crippen molar-refractivity contribution >= 4 is 21.9 Å². The maximum Gasteiger partial charge on any atom is 0.225 e. The summed E-state index contributed by atoms with van der Waals surface area (Å²) in [5.41, 5.74) is 1.16. The van der Waals surface area contributed by atoms with E-state index in [-0.39, 0.29) is 5.82 Å². The topological polar surface area (TPSA) is 38.2 Å². The molecule has 0 amide bonds. The van der Waals surface area contributed by atoms with Gasteiger partial charge in [0.05, 0.1) is 11.1 Å². The Labute approximate surface area is 150 Å². The molecule has 128 valence electrons. The summed E-state index contributed by atoms with van der Waals surface area (Å²) < 4.78 is 19.7. The first kappa shape index (κ1) is 17.1. The molecule has 0 saturated carbocycles. The largest absolute Gasteiger partial charge is 0.493 e. The quantitative estimate of drug-likeness (QED) is 0.761. The number of benzene rings is 1. The van der Waals surface area contributed by atoms with Crippen LogP contribution in [0.4, 0.5) is 10.3 Å². The van der Waals surface area contributed by atoms with E-state index in [9.17, 15) is 4.39 Å². The van der Waals surface area contributed by atoms with E-state index in [0.717, 1.165) is 43.9 Å². The maximum absolute atomic E-state index is 13.5. The maximum atomic E-state index is 13.5. The van der Waals surface area contributed by atoms with Gasteiger partial charge in [0.1, 0.15) is 11.6 Å². The summed E-state index contributed by atoms with van der Waals surface area (Å²) in [7, 11) is 0. The van der Waals surface area contributed by atoms with Gasteiger partial charge in [0.25, 0.3) is 0 Å². The Morgan fingerprint density at radius 1 is 1.25 bits per heavy atom. The number of rotatable bonds is 5. The SMILES string of the molecule is CCc1cnc(N2CCC(COc3ccc(Br)c(F)c3)CC2)nc1. The van der Waals surface area contributed by atoms with Crippen LogP contribution in [0.3, 0.4) is 0 Å². The van der Waals surface area contributed by atoms with Gasteiger partial charge >= 0.3 is 0 Å². The summed E-state index contributed by atoms with van der Waals surface area (Å²) >= 11 is 3.15. The fourth-order valence-electron chi connectivity index (χ4n) is 2.77. The molecule has 2 aromatic rings. The first-order valence-electron chi connectivity index (χ1n) is 8.29. The summed E-state index contributed by atoms with van der Waals surface area (Å²) in [6, 6.07) is 4.87. The number of anilines is 1. The van der Waals surface area contributed by atoms with Crippen LogP contribution >= 0.6 is 15.9 Å². The van der Waals surface area contributed by atoms with Crippen molar-refractivity contribution in [3.05, 3.63) is 46.4 Å². The molecular weight excluding hydrogens is 373 g/mol. The zero-order valence-corrected chi connectivity index (χ0v) is 15.3. The molecule has 0 atom stereocenters. The highest BCUT2D eigenvalue weighted by Crippen LogP contribution is 2.24. The molecule has 1 saturated heterocycles. The zero-order chi connectivity index (χ0) is 16.9. The third kappa shape index (κ3) is 4.23. The monoisotopic (exact) mass is 393 g/mol. The van der Waals surface area contributed by atoms with Crippen LogP contribution in [0.2, 0.25) is 0 Å². The van der Waals surface area contributed by atoms with Crippen molar-refractivity contribution in [2.45, 2.75) is 26.2 Å². The molecule has 1 aliphatic heterocycles. The lowest BCUT2D eigenvalue weighted by Gasteiger charge is -2.31. The van der Waals surface area contributed by atoms with E-state index in [1.54, 1.807) is 12.1 Å². The molecular formula is C18H21BrFN3O. The number of piperidine rings is 1. The van der Waals surface area contributed by atoms with Gasteiger partial charge in [-0.15, -0.1) is 0 Å². The van der Waals surface area contributed by atoms with Gasteiger partial charge in [-0.25, -0.2) is 14.4 Å². The Kier molecular flexibility index (Phi) is 5.66. The predicted molar refractivity (Wildman–Crippen MR) is 95.9 cm³/mol. The summed E-state index contributed by atoms with van der Waals surface area (Å²) in [6.07, 6.45) is 6.81. The normalized spacial score (nSPS) is 15.5. The minimum atomic E-state index is -0.296. The van der Waals surface area contributed by atoms with Gasteiger partial charge in [-0.1, -0.05) is 6.92 Å². The van der Waals surface area contributed by atoms with E-state index in [2.05, 4.69) is 37.7 Å². The van der Waals surface area contributed by atoms with Crippen molar-refractivity contribution in [1.82, 2.24) is 9.97 Å². The molecule has 24 heavy (non-hydrogen) atoms. The first-order valence-corrected chi connectivity index (χ1v) is 9.08. The van der Waals surface area contributed by atoms with Crippen molar-refractivity contribution in [1.29, 1.82) is 0 Å². The fraction of sp³-hybridized carbons (Fsp3) is 0.444. The highest BCUT2D eigenvalue weighted by atomic mass is 79.9. The van der Waals surface area contributed by atoms with Crippen LogP contribution in [0.25, 0.3) is 0 Å². The second-order valence-corrected chi connectivity index (χ2v) is 6.92. The molecule has 1 aliphatic rings. The minimum Gasteiger partial charge on any atom is -0.493 e. The van der Waals surface area contributed by atoms with Crippen molar-refractivity contribution in [2.24, 2.45) is 5.92 Å². The number of hydrogen-bond acceptors (Lipinski definition) is 4. The van der Waals surface area contributed by atoms with Gasteiger partial charge in [-0.3, -0.25) is 0 Å². The van der Waals surface area contributed by atoms with Gasteiger partial charge in [0.15, 0.2) is 0 Å². The standard InChI is InChI=1S/C18H21BrFN3O/c1-2-13-10-21-18(22-11-13)23-7-5-14(6-8-23)12-24-15-3-4-16(19)17(20)9-15/h3-4,9-11,14H,2,5-8,12H2,1H3. The molecule has 0 radical (unpaired) electrons. The minimum absolute atomic E-state index is 0.296. The van der Waals surface area contributed by atoms with Gasteiger partial charge < -0.3 is 9.64 Å². The Morgan fingerprint density at radius 2 is 1.96 bits per heavy atom. The Bertz CT molecular complexity index is 672. The molecule has 4 nitrogen and oxygen atoms in total. The Balaban J connectivity index is 1.48. The number of ether oxygens (including phenoxy) is 1. The number of aromatic nitrogens is 2. The van der Waals surface area contributed by atoms with Gasteiger partial charge in [-0.05, 0) is 58.8 Å². The van der Waals surface area contributed by atoms with Crippen molar-refractivity contribution < 1.29 is 9.13 Å². The smallest absolute Gasteiger partial charge is 0.225 e. The third-order valence-electron chi connectivity index (χ3n) is 4.37. The molecule has 6 heteroatoms. The molecule has 3 rings (SSSR count). The number of nitrogens with zero attached hydrogens (tertiary/aromatic N) is 3. The Hall–Kier alpha value is -1.69. The van der Waals surface area contributed by atoms with Crippen LogP contribution in [-0.2, 0) is 6.42 Å². The van der Waals surface area contributed by atoms with Crippen LogP contribution in [0, 0.1) is 11.7 Å². The van der Waals surface area contributed by atoms with Crippen molar-refractivity contribution in [3.8, 4) is 5.75 Å². The van der Waals surface area contributed by atoms with E-state index in [0.29, 0.717) is 22.7 Å². The molecule has 0 spiro atoms. The lowest BCUT2D eigenvalue weighted by Crippen LogP contribution is -2.36. The molecule has 1 fully saturated rings. The van der Waals surface area contributed by atoms with E-state index < -0.39 is 0 Å². The predicted octanol–water partition coefficient (Wildman–Crippen LogP) is 4.24. The molecule has 2 heterocycles. The van der Waals surface area contributed by atoms with Gasteiger partial charge in [0.2, 0.25) is 5.95 Å². The Morgan fingerprint density at radius 3 is 2.58 bits per heavy atom. The zero-order valence-electron chi connectivity index (χ0n) is 13.7.